The number of nitrogens with zero attached hydrogens (tertiary/aromatic N) is 7. The molecule has 1 aliphatic rings. The lowest BCUT2D eigenvalue weighted by molar-refractivity contribution is -0.0447. The standard InChI is InChI=1S/C41H53N7O11/c1-38(2,3)27-19-25(46-17-18-53-26(22-46)24-54-36(51)59-41(10,11)12)13-14-30(27)55-37(52)56-33-32-43-15-16-47(32)23-29(45-33)28-20-42-21-31(44-28)48(34(49)57-39(4,5)6)35(50)58-40(7,8)9/h13-16,19-21,23,26H,17-18,22,24H2,1-12H3/t26-/m1/s1. The summed E-state index contributed by atoms with van der Waals surface area (Å²) in [7, 11) is 0. The molecular formula is C41H53N7O11. The second-order valence-electron chi connectivity index (χ2n) is 17.7. The molecule has 2 amide bonds. The highest BCUT2D eigenvalue weighted by Crippen LogP contribution is 2.36. The first kappa shape index (κ1) is 44.1. The summed E-state index contributed by atoms with van der Waals surface area (Å²) in [5.74, 6) is -0.134. The Hall–Kier alpha value is -6.04. The normalized spacial score (nSPS) is 15.0. The molecule has 0 bridgehead atoms. The molecule has 0 aliphatic carbocycles. The fourth-order valence-corrected chi connectivity index (χ4v) is 5.63. The van der Waals surface area contributed by atoms with Gasteiger partial charge in [0.2, 0.25) is 5.65 Å². The van der Waals surface area contributed by atoms with E-state index in [2.05, 4.69) is 24.8 Å². The highest BCUT2D eigenvalue weighted by Gasteiger charge is 2.34. The van der Waals surface area contributed by atoms with Crippen LogP contribution in [0.4, 0.5) is 30.7 Å². The molecule has 18 heteroatoms. The minimum atomic E-state index is -1.08. The first-order valence-electron chi connectivity index (χ1n) is 19.0. The number of amides is 2. The van der Waals surface area contributed by atoms with E-state index in [0.717, 1.165) is 11.3 Å². The average Bonchev–Trinajstić information content (AvgIpc) is 3.58. The highest BCUT2D eigenvalue weighted by atomic mass is 16.7. The van der Waals surface area contributed by atoms with Crippen molar-refractivity contribution in [2.45, 2.75) is 111 Å². The zero-order chi connectivity index (χ0) is 43.5. The molecule has 0 radical (unpaired) electrons. The number of ether oxygens (including phenoxy) is 7. The van der Waals surface area contributed by atoms with Crippen molar-refractivity contribution in [1.29, 1.82) is 0 Å². The van der Waals surface area contributed by atoms with E-state index in [9.17, 15) is 19.2 Å². The van der Waals surface area contributed by atoms with Crippen LogP contribution in [-0.4, -0.2) is 98.0 Å². The maximum Gasteiger partial charge on any atom is 0.520 e. The fourth-order valence-electron chi connectivity index (χ4n) is 5.63. The predicted molar refractivity (Wildman–Crippen MR) is 215 cm³/mol. The van der Waals surface area contributed by atoms with Crippen LogP contribution in [0.5, 0.6) is 11.6 Å². The summed E-state index contributed by atoms with van der Waals surface area (Å²) in [4.78, 5) is 72.5. The smallest absolute Gasteiger partial charge is 0.443 e. The second-order valence-corrected chi connectivity index (χ2v) is 17.7. The van der Waals surface area contributed by atoms with Crippen molar-refractivity contribution in [3.8, 4) is 23.0 Å². The number of aromatic nitrogens is 5. The number of anilines is 2. The summed E-state index contributed by atoms with van der Waals surface area (Å²) >= 11 is 0. The SMILES string of the molecule is CC(C)(C)OC(=O)OC[C@H]1CN(c2ccc(OC(=O)Oc3nc(-c4cncc(N(C(=O)OC(C)(C)C)C(=O)OC(C)(C)C)n4)cn4ccnc34)c(C(C)(C)C)c2)CCO1. The number of morpholine rings is 1. The molecule has 1 saturated heterocycles. The van der Waals surface area contributed by atoms with Gasteiger partial charge in [-0.05, 0) is 85.9 Å². The Morgan fingerprint density at radius 1 is 0.814 bits per heavy atom. The largest absolute Gasteiger partial charge is 0.520 e. The number of fused-ring (bicyclic) bond motifs is 1. The number of hydrogen-bond acceptors (Lipinski definition) is 16. The van der Waals surface area contributed by atoms with Crippen molar-refractivity contribution in [2.24, 2.45) is 0 Å². The molecule has 59 heavy (non-hydrogen) atoms. The Morgan fingerprint density at radius 3 is 2.10 bits per heavy atom. The molecule has 0 unspecified atom stereocenters. The molecule has 0 spiro atoms. The van der Waals surface area contributed by atoms with Crippen LogP contribution in [0.3, 0.4) is 0 Å². The molecule has 0 saturated carbocycles. The Kier molecular flexibility index (Phi) is 12.7. The summed E-state index contributed by atoms with van der Waals surface area (Å²) in [6.07, 6.45) is 2.96. The van der Waals surface area contributed by atoms with Gasteiger partial charge in [0.15, 0.2) is 5.82 Å². The quantitative estimate of drug-likeness (QED) is 0.0990. The monoisotopic (exact) mass is 819 g/mol. The molecule has 1 aliphatic heterocycles. The Morgan fingerprint density at radius 2 is 1.47 bits per heavy atom. The first-order valence-corrected chi connectivity index (χ1v) is 19.0. The lowest BCUT2D eigenvalue weighted by atomic mass is 9.86. The van der Waals surface area contributed by atoms with Crippen molar-refractivity contribution in [3.63, 3.8) is 0 Å². The maximum atomic E-state index is 13.5. The first-order chi connectivity index (χ1) is 27.3. The number of carbonyl (C=O) groups excluding carboxylic acids is 4. The van der Waals surface area contributed by atoms with Gasteiger partial charge in [-0.2, -0.15) is 4.90 Å². The van der Waals surface area contributed by atoms with Crippen molar-refractivity contribution in [3.05, 3.63) is 54.7 Å². The van der Waals surface area contributed by atoms with Crippen molar-refractivity contribution < 1.29 is 52.3 Å². The molecule has 4 aromatic rings. The van der Waals surface area contributed by atoms with Gasteiger partial charge in [-0.1, -0.05) is 20.8 Å². The summed E-state index contributed by atoms with van der Waals surface area (Å²) in [6.45, 7) is 22.7. The van der Waals surface area contributed by atoms with Gasteiger partial charge >= 0.3 is 24.5 Å². The van der Waals surface area contributed by atoms with Gasteiger partial charge in [-0.3, -0.25) is 4.98 Å². The zero-order valence-corrected chi connectivity index (χ0v) is 35.6. The van der Waals surface area contributed by atoms with E-state index in [4.69, 9.17) is 33.2 Å². The predicted octanol–water partition coefficient (Wildman–Crippen LogP) is 7.90. The Balaban J connectivity index is 1.37. The van der Waals surface area contributed by atoms with E-state index in [1.165, 1.54) is 18.6 Å². The fraction of sp³-hybridized carbons (Fsp3) is 0.512. The van der Waals surface area contributed by atoms with Crippen LogP contribution in [0.1, 0.15) is 88.6 Å². The van der Waals surface area contributed by atoms with Crippen LogP contribution >= 0.6 is 0 Å². The third-order valence-electron chi connectivity index (χ3n) is 8.03. The van der Waals surface area contributed by atoms with Crippen LogP contribution in [-0.2, 0) is 29.1 Å². The molecule has 1 aromatic carbocycles. The van der Waals surface area contributed by atoms with E-state index in [-0.39, 0.29) is 47.2 Å². The highest BCUT2D eigenvalue weighted by molar-refractivity contribution is 6.08. The summed E-state index contributed by atoms with van der Waals surface area (Å²) < 4.78 is 40.4. The minimum absolute atomic E-state index is 0.0260. The molecule has 1 atom stereocenters. The summed E-state index contributed by atoms with van der Waals surface area (Å²) in [6, 6.07) is 5.45. The van der Waals surface area contributed by atoms with Crippen LogP contribution in [0, 0.1) is 0 Å². The molecule has 3 aromatic heterocycles. The van der Waals surface area contributed by atoms with E-state index in [0.29, 0.717) is 24.6 Å². The number of imidazole rings is 1. The third kappa shape index (κ3) is 12.2. The van der Waals surface area contributed by atoms with Gasteiger partial charge in [0.25, 0.3) is 5.88 Å². The van der Waals surface area contributed by atoms with Crippen molar-refractivity contribution >= 4 is 41.6 Å². The van der Waals surface area contributed by atoms with Crippen LogP contribution in [0.15, 0.2) is 49.2 Å². The molecule has 0 N–H and O–H groups in total. The number of carbonyl (C=O) groups is 4. The van der Waals surface area contributed by atoms with Gasteiger partial charge in [0, 0.05) is 42.9 Å². The van der Waals surface area contributed by atoms with Gasteiger partial charge in [0.05, 0.1) is 19.0 Å². The Labute approximate surface area is 343 Å². The molecular weight excluding hydrogens is 766 g/mol. The van der Waals surface area contributed by atoms with Gasteiger partial charge in [0.1, 0.15) is 46.7 Å². The zero-order valence-electron chi connectivity index (χ0n) is 35.6. The molecule has 1 fully saturated rings. The molecule has 318 valence electrons. The molecule has 5 rings (SSSR count). The van der Waals surface area contributed by atoms with Gasteiger partial charge in [-0.15, -0.1) is 0 Å². The molecule has 18 nitrogen and oxygen atoms in total. The van der Waals surface area contributed by atoms with Gasteiger partial charge < -0.3 is 42.5 Å². The Bertz CT molecular complexity index is 2150. The lowest BCUT2D eigenvalue weighted by Gasteiger charge is -2.35. The maximum absolute atomic E-state index is 13.5. The van der Waals surface area contributed by atoms with Crippen molar-refractivity contribution in [1.82, 2.24) is 24.3 Å². The lowest BCUT2D eigenvalue weighted by Crippen LogP contribution is -2.45. The van der Waals surface area contributed by atoms with E-state index in [1.54, 1.807) is 85.2 Å². The van der Waals surface area contributed by atoms with E-state index < -0.39 is 46.7 Å². The van der Waals surface area contributed by atoms with E-state index >= 15 is 0 Å². The van der Waals surface area contributed by atoms with Crippen LogP contribution < -0.4 is 19.3 Å². The third-order valence-corrected chi connectivity index (χ3v) is 8.03. The summed E-state index contributed by atoms with van der Waals surface area (Å²) in [5, 5.41) is 0. The molecule has 4 heterocycles. The number of hydrogen-bond donors (Lipinski definition) is 0. The van der Waals surface area contributed by atoms with Crippen LogP contribution in [0.2, 0.25) is 0 Å². The number of benzene rings is 1. The number of rotatable bonds is 7. The van der Waals surface area contributed by atoms with Gasteiger partial charge in [-0.25, -0.2) is 34.1 Å². The topological polar surface area (TPSA) is 195 Å². The van der Waals surface area contributed by atoms with Crippen LogP contribution in [0.25, 0.3) is 17.0 Å². The van der Waals surface area contributed by atoms with Crippen molar-refractivity contribution in [2.75, 3.05) is 36.1 Å². The summed E-state index contributed by atoms with van der Waals surface area (Å²) in [5.41, 5.74) is -0.993. The number of imide groups is 1. The van der Waals surface area contributed by atoms with E-state index in [1.807, 2.05) is 32.9 Å². The average molecular weight is 820 g/mol. The second kappa shape index (κ2) is 17.1. The minimum Gasteiger partial charge on any atom is -0.443 e.